The molecule has 0 spiro atoms. The molecule has 2 bridgehead atoms. The van der Waals surface area contributed by atoms with Crippen LogP contribution in [0.4, 0.5) is 13.2 Å². The molecule has 0 aliphatic carbocycles. The lowest BCUT2D eigenvalue weighted by Crippen LogP contribution is -2.51. The highest BCUT2D eigenvalue weighted by atomic mass is 32.2. The van der Waals surface area contributed by atoms with E-state index in [1.807, 2.05) is 0 Å². The maximum atomic E-state index is 13.9. The molecule has 162 valence electrons. The Morgan fingerprint density at radius 2 is 1.76 bits per heavy atom. The number of sulfonamides is 1. The smallest absolute Gasteiger partial charge is 0.216 e. The third-order valence-corrected chi connectivity index (χ3v) is 7.87. The summed E-state index contributed by atoms with van der Waals surface area (Å²) in [4.78, 5) is 11.0. The van der Waals surface area contributed by atoms with Gasteiger partial charge in [0.25, 0.3) is 0 Å². The van der Waals surface area contributed by atoms with E-state index in [4.69, 9.17) is 5.73 Å². The Morgan fingerprint density at radius 3 is 2.34 bits per heavy atom. The number of hydrogen-bond donors (Lipinski definition) is 2. The van der Waals surface area contributed by atoms with Crippen LogP contribution in [0.3, 0.4) is 0 Å². The van der Waals surface area contributed by atoms with Gasteiger partial charge in [-0.3, -0.25) is 4.79 Å². The number of carbonyl (C=O) groups excluding carboxylic acids is 1. The van der Waals surface area contributed by atoms with Crippen LogP contribution >= 0.6 is 0 Å². The summed E-state index contributed by atoms with van der Waals surface area (Å²) in [5.74, 6) is -3.67. The van der Waals surface area contributed by atoms with E-state index < -0.39 is 33.5 Å². The lowest BCUT2D eigenvalue weighted by atomic mass is 9.83. The van der Waals surface area contributed by atoms with Gasteiger partial charge in [0, 0.05) is 37.7 Å². The number of nitrogens with two attached hydrogens (primary N) is 1. The number of nitrogens with one attached hydrogen (secondary N) is 1. The summed E-state index contributed by atoms with van der Waals surface area (Å²) in [5, 5.41) is 2.50. The summed E-state index contributed by atoms with van der Waals surface area (Å²) in [6, 6.07) is 0.511. The molecular formula is C19H26F3N3O3S. The fraction of sp³-hybridized carbons (Fsp3) is 0.632. The summed E-state index contributed by atoms with van der Waals surface area (Å²) in [6.45, 7) is 1.39. The number of benzene rings is 1. The highest BCUT2D eigenvalue weighted by Crippen LogP contribution is 2.41. The first kappa shape index (κ1) is 22.0. The monoisotopic (exact) mass is 433 g/mol. The predicted molar refractivity (Wildman–Crippen MR) is 102 cm³/mol. The third-order valence-electron chi connectivity index (χ3n) is 5.91. The maximum Gasteiger partial charge on any atom is 0.216 e. The van der Waals surface area contributed by atoms with E-state index in [0.29, 0.717) is 18.9 Å². The van der Waals surface area contributed by atoms with Gasteiger partial charge < -0.3 is 11.1 Å². The van der Waals surface area contributed by atoms with Crippen molar-refractivity contribution < 1.29 is 26.4 Å². The van der Waals surface area contributed by atoms with Crippen molar-refractivity contribution in [1.82, 2.24) is 9.62 Å². The van der Waals surface area contributed by atoms with Crippen molar-refractivity contribution in [2.24, 2.45) is 11.7 Å². The summed E-state index contributed by atoms with van der Waals surface area (Å²) in [5.41, 5.74) is 6.28. The minimum atomic E-state index is -3.51. The van der Waals surface area contributed by atoms with Crippen LogP contribution in [0.2, 0.25) is 0 Å². The standard InChI is InChI=1S/C19H26F3N3O3S/c1-11(26)24-4-5-29(27,28)25-14-2-3-15(25)7-13(6-14)19(23)9-12-8-17(21)18(22)10-16(12)20/h8,10,13-15,19H,2-7,9,23H2,1H3,(H,24,26)/t13-,14-,15+,19-/m0/s1. The van der Waals surface area contributed by atoms with Crippen molar-refractivity contribution >= 4 is 15.9 Å². The van der Waals surface area contributed by atoms with Gasteiger partial charge in [-0.2, -0.15) is 4.31 Å². The number of hydrogen-bond acceptors (Lipinski definition) is 4. The highest BCUT2D eigenvalue weighted by Gasteiger charge is 2.47. The number of piperidine rings is 1. The zero-order valence-electron chi connectivity index (χ0n) is 16.2. The fourth-order valence-electron chi connectivity index (χ4n) is 4.58. The Balaban J connectivity index is 1.65. The molecule has 6 nitrogen and oxygen atoms in total. The number of carbonyl (C=O) groups is 1. The molecule has 0 unspecified atom stereocenters. The summed E-state index contributed by atoms with van der Waals surface area (Å²) >= 11 is 0. The van der Waals surface area contributed by atoms with Crippen LogP contribution in [-0.4, -0.2) is 49.1 Å². The van der Waals surface area contributed by atoms with Crippen molar-refractivity contribution in [3.63, 3.8) is 0 Å². The molecule has 2 fully saturated rings. The van der Waals surface area contributed by atoms with Crippen LogP contribution < -0.4 is 11.1 Å². The van der Waals surface area contributed by atoms with Crippen LogP contribution in [0.15, 0.2) is 12.1 Å². The molecule has 10 heteroatoms. The zero-order valence-corrected chi connectivity index (χ0v) is 17.0. The molecule has 3 N–H and O–H groups in total. The molecule has 3 rings (SSSR count). The fourth-order valence-corrected chi connectivity index (χ4v) is 6.44. The lowest BCUT2D eigenvalue weighted by molar-refractivity contribution is -0.118. The van der Waals surface area contributed by atoms with Gasteiger partial charge in [-0.15, -0.1) is 0 Å². The van der Waals surface area contributed by atoms with Gasteiger partial charge in [0.15, 0.2) is 11.6 Å². The van der Waals surface area contributed by atoms with E-state index in [2.05, 4.69) is 5.32 Å². The molecule has 2 saturated heterocycles. The lowest BCUT2D eigenvalue weighted by Gasteiger charge is -2.40. The second-order valence-electron chi connectivity index (χ2n) is 7.97. The average molecular weight is 433 g/mol. The Morgan fingerprint density at radius 1 is 1.17 bits per heavy atom. The van der Waals surface area contributed by atoms with Crippen LogP contribution in [0.1, 0.15) is 38.2 Å². The molecule has 1 amide bonds. The Bertz CT molecular complexity index is 867. The van der Waals surface area contributed by atoms with Gasteiger partial charge in [-0.1, -0.05) is 0 Å². The zero-order chi connectivity index (χ0) is 21.3. The van der Waals surface area contributed by atoms with Gasteiger partial charge in [0.2, 0.25) is 15.9 Å². The molecule has 2 heterocycles. The first-order valence-corrected chi connectivity index (χ1v) is 11.3. The minimum Gasteiger partial charge on any atom is -0.355 e. The molecule has 1 aromatic carbocycles. The molecule has 29 heavy (non-hydrogen) atoms. The molecule has 2 aliphatic rings. The van der Waals surface area contributed by atoms with Crippen LogP contribution in [0.5, 0.6) is 0 Å². The summed E-state index contributed by atoms with van der Waals surface area (Å²) in [6.07, 6.45) is 2.60. The summed E-state index contributed by atoms with van der Waals surface area (Å²) in [7, 11) is -3.51. The molecule has 0 saturated carbocycles. The Kier molecular flexibility index (Phi) is 6.54. The van der Waals surface area contributed by atoms with Gasteiger partial charge >= 0.3 is 0 Å². The van der Waals surface area contributed by atoms with Gasteiger partial charge in [0.05, 0.1) is 5.75 Å². The van der Waals surface area contributed by atoms with E-state index >= 15 is 0 Å². The second-order valence-corrected chi connectivity index (χ2v) is 9.96. The van der Waals surface area contributed by atoms with Crippen molar-refractivity contribution in [2.75, 3.05) is 12.3 Å². The number of nitrogens with zero attached hydrogens (tertiary/aromatic N) is 1. The number of amides is 1. The van der Waals surface area contributed by atoms with E-state index in [9.17, 15) is 26.4 Å². The number of halogens is 3. The first-order chi connectivity index (χ1) is 13.6. The normalized spacial score (nSPS) is 25.8. The van der Waals surface area contributed by atoms with Crippen molar-refractivity contribution in [2.45, 2.75) is 57.2 Å². The largest absolute Gasteiger partial charge is 0.355 e. The first-order valence-electron chi connectivity index (χ1n) is 9.73. The molecule has 4 atom stereocenters. The van der Waals surface area contributed by atoms with Crippen molar-refractivity contribution in [3.8, 4) is 0 Å². The van der Waals surface area contributed by atoms with Crippen molar-refractivity contribution in [1.29, 1.82) is 0 Å². The van der Waals surface area contributed by atoms with Crippen LogP contribution in [0.25, 0.3) is 0 Å². The SMILES string of the molecule is CC(=O)NCCS(=O)(=O)N1[C@@H]2CC[C@H]1C[C@H]([C@@H](N)Cc1cc(F)c(F)cc1F)C2. The molecule has 0 radical (unpaired) electrons. The molecular weight excluding hydrogens is 407 g/mol. The number of fused-ring (bicyclic) bond motifs is 2. The second kappa shape index (κ2) is 8.61. The van der Waals surface area contributed by atoms with Crippen molar-refractivity contribution in [3.05, 3.63) is 35.1 Å². The van der Waals surface area contributed by atoms with E-state index in [-0.39, 0.29) is 48.2 Å². The van der Waals surface area contributed by atoms with Gasteiger partial charge in [-0.25, -0.2) is 21.6 Å². The third kappa shape index (κ3) is 4.92. The van der Waals surface area contributed by atoms with Gasteiger partial charge in [0.1, 0.15) is 5.82 Å². The average Bonchev–Trinajstić information content (AvgIpc) is 2.90. The van der Waals surface area contributed by atoms with E-state index in [1.54, 1.807) is 4.31 Å². The molecule has 1 aromatic rings. The predicted octanol–water partition coefficient (Wildman–Crippen LogP) is 1.68. The highest BCUT2D eigenvalue weighted by molar-refractivity contribution is 7.89. The number of rotatable bonds is 7. The molecule has 0 aromatic heterocycles. The topological polar surface area (TPSA) is 92.5 Å². The van der Waals surface area contributed by atoms with Gasteiger partial charge in [-0.05, 0) is 49.7 Å². The van der Waals surface area contributed by atoms with Crippen LogP contribution in [-0.2, 0) is 21.2 Å². The quantitative estimate of drug-likeness (QED) is 0.640. The van der Waals surface area contributed by atoms with E-state index in [0.717, 1.165) is 18.9 Å². The van der Waals surface area contributed by atoms with E-state index in [1.165, 1.54) is 6.92 Å². The Labute approximate surface area is 168 Å². The maximum absolute atomic E-state index is 13.9. The Hall–Kier alpha value is -1.65. The molecule has 2 aliphatic heterocycles. The summed E-state index contributed by atoms with van der Waals surface area (Å²) < 4.78 is 67.5. The minimum absolute atomic E-state index is 0.0223. The van der Waals surface area contributed by atoms with Crippen LogP contribution in [0, 0.1) is 23.4 Å².